The Bertz CT molecular complexity index is 1230. The highest BCUT2D eigenvalue weighted by Crippen LogP contribution is 2.30. The van der Waals surface area contributed by atoms with Gasteiger partial charge < -0.3 is 10.6 Å². The molecule has 0 bridgehead atoms. The van der Waals surface area contributed by atoms with Crippen molar-refractivity contribution in [3.8, 4) is 0 Å². The molecule has 0 saturated carbocycles. The monoisotopic (exact) mass is 511 g/mol. The summed E-state index contributed by atoms with van der Waals surface area (Å²) in [5.41, 5.74) is 1.71. The van der Waals surface area contributed by atoms with E-state index in [2.05, 4.69) is 34.4 Å². The normalized spacial score (nSPS) is 22.2. The number of rotatable bonds is 7. The summed E-state index contributed by atoms with van der Waals surface area (Å²) >= 11 is 0. The molecule has 3 heterocycles. The van der Waals surface area contributed by atoms with E-state index < -0.39 is 22.0 Å². The summed E-state index contributed by atoms with van der Waals surface area (Å²) in [6.45, 7) is 8.38. The highest BCUT2D eigenvalue weighted by molar-refractivity contribution is 7.89. The van der Waals surface area contributed by atoms with Crippen molar-refractivity contribution >= 4 is 21.8 Å². The Kier molecular flexibility index (Phi) is 7.46. The molecule has 1 saturated heterocycles. The van der Waals surface area contributed by atoms with Gasteiger partial charge in [0.25, 0.3) is 10.0 Å². The fraction of sp³-hybridized carbons (Fsp3) is 0.423. The number of hydrogen-bond donors (Lipinski definition) is 2. The number of sulfonamides is 1. The zero-order valence-electron chi connectivity index (χ0n) is 20.8. The number of benzene rings is 1. The van der Waals surface area contributed by atoms with Crippen molar-refractivity contribution < 1.29 is 18.0 Å². The van der Waals surface area contributed by atoms with Crippen LogP contribution in [0.2, 0.25) is 0 Å². The van der Waals surface area contributed by atoms with Crippen LogP contribution in [0.25, 0.3) is 0 Å². The summed E-state index contributed by atoms with van der Waals surface area (Å²) in [7, 11) is -4.01. The molecule has 0 unspecified atom stereocenters. The number of likely N-dealkylation sites (tertiary alicyclic amines) is 1. The molecule has 0 radical (unpaired) electrons. The van der Waals surface area contributed by atoms with Gasteiger partial charge in [0, 0.05) is 44.3 Å². The lowest BCUT2D eigenvalue weighted by Crippen LogP contribution is -2.57. The Labute approximate surface area is 212 Å². The first-order valence-corrected chi connectivity index (χ1v) is 13.5. The summed E-state index contributed by atoms with van der Waals surface area (Å²) in [6.07, 6.45) is 4.84. The molecule has 2 aliphatic rings. The lowest BCUT2D eigenvalue weighted by atomic mass is 9.79. The number of carbonyl (C=O) groups excluding carboxylic acids is 2. The van der Waals surface area contributed by atoms with Gasteiger partial charge in [0.1, 0.15) is 6.04 Å². The summed E-state index contributed by atoms with van der Waals surface area (Å²) in [6, 6.07) is 11.0. The maximum Gasteiger partial charge on any atom is 0.264 e. The standard InChI is InChI=1S/C26H33N5O4S/c1-19-7-9-21(10-8-19)36(34,35)31-15-13-28-25(33)22(31)16-24(32)29-23-11-14-30(18-26(23,2)3)17-20-6-4-5-12-27-20/h4-10,12-13,15,22-23H,11,14,16-18H2,1-3H3,(H,28,33)(H,29,32)/t22-,23+/m1/s1. The lowest BCUT2D eigenvalue weighted by molar-refractivity contribution is -0.130. The second-order valence-corrected chi connectivity index (χ2v) is 12.0. The van der Waals surface area contributed by atoms with Crippen molar-refractivity contribution in [1.82, 2.24) is 24.8 Å². The first-order valence-electron chi connectivity index (χ1n) is 12.1. The molecule has 2 atom stereocenters. The van der Waals surface area contributed by atoms with Crippen LogP contribution in [0, 0.1) is 12.3 Å². The second-order valence-electron chi connectivity index (χ2n) is 10.1. The van der Waals surface area contributed by atoms with Crippen molar-refractivity contribution in [2.75, 3.05) is 13.1 Å². The molecule has 4 rings (SSSR count). The number of piperidine rings is 1. The van der Waals surface area contributed by atoms with E-state index in [1.165, 1.54) is 24.5 Å². The Morgan fingerprint density at radius 3 is 2.61 bits per heavy atom. The van der Waals surface area contributed by atoms with E-state index in [1.807, 2.05) is 25.1 Å². The van der Waals surface area contributed by atoms with Gasteiger partial charge in [-0.2, -0.15) is 0 Å². The van der Waals surface area contributed by atoms with E-state index in [4.69, 9.17) is 0 Å². The third-order valence-electron chi connectivity index (χ3n) is 6.79. The van der Waals surface area contributed by atoms with E-state index in [-0.39, 0.29) is 28.7 Å². The molecule has 2 aromatic rings. The molecule has 0 aliphatic carbocycles. The predicted octanol–water partition coefficient (Wildman–Crippen LogP) is 2.16. The van der Waals surface area contributed by atoms with Crippen molar-refractivity contribution in [3.63, 3.8) is 0 Å². The molecule has 1 fully saturated rings. The summed E-state index contributed by atoms with van der Waals surface area (Å²) < 4.78 is 27.5. The molecule has 2 N–H and O–H groups in total. The largest absolute Gasteiger partial charge is 0.353 e. The minimum Gasteiger partial charge on any atom is -0.353 e. The quantitative estimate of drug-likeness (QED) is 0.589. The van der Waals surface area contributed by atoms with Gasteiger partial charge in [-0.3, -0.25) is 23.8 Å². The molecule has 192 valence electrons. The Morgan fingerprint density at radius 1 is 1.19 bits per heavy atom. The smallest absolute Gasteiger partial charge is 0.264 e. The van der Waals surface area contributed by atoms with Crippen LogP contribution < -0.4 is 10.6 Å². The molecule has 0 spiro atoms. The lowest BCUT2D eigenvalue weighted by Gasteiger charge is -2.44. The molecule has 36 heavy (non-hydrogen) atoms. The van der Waals surface area contributed by atoms with Crippen molar-refractivity contribution in [2.24, 2.45) is 5.41 Å². The van der Waals surface area contributed by atoms with Crippen LogP contribution in [0.1, 0.15) is 37.9 Å². The number of aryl methyl sites for hydroxylation is 1. The van der Waals surface area contributed by atoms with E-state index in [0.717, 1.165) is 41.6 Å². The number of carbonyl (C=O) groups is 2. The number of nitrogens with zero attached hydrogens (tertiary/aromatic N) is 3. The van der Waals surface area contributed by atoms with Gasteiger partial charge in [-0.1, -0.05) is 37.6 Å². The molecular formula is C26H33N5O4S. The van der Waals surface area contributed by atoms with Gasteiger partial charge in [-0.15, -0.1) is 0 Å². The predicted molar refractivity (Wildman–Crippen MR) is 136 cm³/mol. The molecule has 10 heteroatoms. The molecule has 2 amide bonds. The summed E-state index contributed by atoms with van der Waals surface area (Å²) in [5, 5.41) is 5.60. The maximum absolute atomic E-state index is 13.3. The van der Waals surface area contributed by atoms with Gasteiger partial charge in [0.05, 0.1) is 17.0 Å². The number of amides is 2. The van der Waals surface area contributed by atoms with Gasteiger partial charge >= 0.3 is 0 Å². The zero-order chi connectivity index (χ0) is 25.9. The maximum atomic E-state index is 13.3. The van der Waals surface area contributed by atoms with Crippen LogP contribution in [0.5, 0.6) is 0 Å². The molecule has 1 aromatic heterocycles. The molecule has 1 aromatic carbocycles. The number of aromatic nitrogens is 1. The van der Waals surface area contributed by atoms with E-state index in [9.17, 15) is 18.0 Å². The van der Waals surface area contributed by atoms with Crippen LogP contribution in [0.15, 0.2) is 66.0 Å². The Balaban J connectivity index is 1.42. The number of hydrogen-bond acceptors (Lipinski definition) is 6. The van der Waals surface area contributed by atoms with E-state index >= 15 is 0 Å². The fourth-order valence-electron chi connectivity index (χ4n) is 4.79. The average molecular weight is 512 g/mol. The molecule has 9 nitrogen and oxygen atoms in total. The van der Waals surface area contributed by atoms with Gasteiger partial charge in [0.2, 0.25) is 11.8 Å². The van der Waals surface area contributed by atoms with Crippen LogP contribution in [-0.4, -0.2) is 59.6 Å². The van der Waals surface area contributed by atoms with Crippen molar-refractivity contribution in [2.45, 2.75) is 57.1 Å². The summed E-state index contributed by atoms with van der Waals surface area (Å²) in [5.74, 6) is -0.890. The van der Waals surface area contributed by atoms with Crippen molar-refractivity contribution in [1.29, 1.82) is 0 Å². The van der Waals surface area contributed by atoms with E-state index in [1.54, 1.807) is 18.3 Å². The first kappa shape index (κ1) is 25.8. The number of pyridine rings is 1. The Hall–Kier alpha value is -3.24. The van der Waals surface area contributed by atoms with Crippen LogP contribution >= 0.6 is 0 Å². The van der Waals surface area contributed by atoms with Gasteiger partial charge in [0.15, 0.2) is 0 Å². The third-order valence-corrected chi connectivity index (χ3v) is 8.59. The second kappa shape index (κ2) is 10.4. The Morgan fingerprint density at radius 2 is 1.94 bits per heavy atom. The van der Waals surface area contributed by atoms with Crippen molar-refractivity contribution in [3.05, 3.63) is 72.3 Å². The van der Waals surface area contributed by atoms with Crippen LogP contribution in [0.4, 0.5) is 0 Å². The highest BCUT2D eigenvalue weighted by Gasteiger charge is 2.40. The van der Waals surface area contributed by atoms with E-state index in [0.29, 0.717) is 0 Å². The third kappa shape index (κ3) is 5.76. The zero-order valence-corrected chi connectivity index (χ0v) is 21.7. The first-order chi connectivity index (χ1) is 17.1. The van der Waals surface area contributed by atoms with Gasteiger partial charge in [-0.05, 0) is 43.0 Å². The average Bonchev–Trinajstić information content (AvgIpc) is 2.83. The molecular weight excluding hydrogens is 478 g/mol. The minimum absolute atomic E-state index is 0.0688. The SMILES string of the molecule is Cc1ccc(S(=O)(=O)N2C=CNC(=O)[C@H]2CC(=O)N[C@H]2CCN(Cc3ccccn3)CC2(C)C)cc1. The summed E-state index contributed by atoms with van der Waals surface area (Å²) in [4.78, 5) is 32.5. The van der Waals surface area contributed by atoms with Gasteiger partial charge in [-0.25, -0.2) is 8.42 Å². The molecule has 2 aliphatic heterocycles. The van der Waals surface area contributed by atoms with Crippen LogP contribution in [0.3, 0.4) is 0 Å². The fourth-order valence-corrected chi connectivity index (χ4v) is 6.24. The highest BCUT2D eigenvalue weighted by atomic mass is 32.2. The minimum atomic E-state index is -4.01. The topological polar surface area (TPSA) is 112 Å². The van der Waals surface area contributed by atoms with Crippen LogP contribution in [-0.2, 0) is 26.2 Å². The number of nitrogens with one attached hydrogen (secondary N) is 2.